The largest absolute Gasteiger partial charge is 0.394 e. The number of ketones is 1. The molecule has 0 radical (unpaired) electrons. The molecule has 5 aliphatic heterocycles. The van der Waals surface area contributed by atoms with Crippen molar-refractivity contribution in [3.63, 3.8) is 0 Å². The lowest BCUT2D eigenvalue weighted by atomic mass is 9.96. The molecule has 21 atom stereocenters. The molecule has 5 aliphatic rings. The van der Waals surface area contributed by atoms with Crippen LogP contribution in [0, 0.1) is 0 Å². The highest BCUT2D eigenvalue weighted by atomic mass is 16.8. The van der Waals surface area contributed by atoms with Crippen molar-refractivity contribution in [3.05, 3.63) is 0 Å². The number of Topliss-reactive ketones (excluding diaryl/α,β-unsaturated/α-hetero) is 1. The summed E-state index contributed by atoms with van der Waals surface area (Å²) in [5, 5.41) is 140. The van der Waals surface area contributed by atoms with E-state index in [0.717, 1.165) is 0 Å². The number of nitrogens with zero attached hydrogens (tertiary/aromatic N) is 1. The highest BCUT2D eigenvalue weighted by Gasteiger charge is 2.52. The third-order valence-corrected chi connectivity index (χ3v) is 13.0. The molecule has 430 valence electrons. The second kappa shape index (κ2) is 29.4. The summed E-state index contributed by atoms with van der Waals surface area (Å²) in [6.07, 6.45) is -34.4. The Balaban J connectivity index is 1.19. The number of hydrogen-bond acceptors (Lipinski definition) is 28. The van der Waals surface area contributed by atoms with Gasteiger partial charge in [-0.3, -0.25) is 24.0 Å². The maximum Gasteiger partial charge on any atom is 0.333 e. The van der Waals surface area contributed by atoms with E-state index in [2.05, 4.69) is 10.6 Å². The van der Waals surface area contributed by atoms with Crippen LogP contribution >= 0.6 is 0 Å². The molecule has 31 nitrogen and oxygen atoms in total. The van der Waals surface area contributed by atoms with Crippen LogP contribution in [0.25, 0.3) is 0 Å². The van der Waals surface area contributed by atoms with E-state index >= 15 is 0 Å². The normalized spacial score (nSPS) is 37.8. The topological polar surface area (TPSA) is 476 Å². The van der Waals surface area contributed by atoms with Crippen LogP contribution in [0.4, 0.5) is 0 Å². The summed E-state index contributed by atoms with van der Waals surface area (Å²) in [6, 6.07) is -1.35. The number of nitrogens with one attached hydrogen (secondary N) is 2. The van der Waals surface area contributed by atoms with Gasteiger partial charge in [-0.1, -0.05) is 0 Å². The minimum absolute atomic E-state index is 0.0832. The van der Waals surface area contributed by atoms with Crippen molar-refractivity contribution < 1.29 is 138 Å². The predicted octanol–water partition coefficient (Wildman–Crippen LogP) is -8.81. The smallest absolute Gasteiger partial charge is 0.333 e. The summed E-state index contributed by atoms with van der Waals surface area (Å²) in [5.74, 6) is -4.07. The maximum atomic E-state index is 13.6. The average Bonchev–Trinajstić information content (AvgIpc) is 3.70. The Morgan fingerprint density at radius 2 is 1.12 bits per heavy atom. The molecule has 5 saturated heterocycles. The van der Waals surface area contributed by atoms with E-state index in [-0.39, 0.29) is 83.1 Å². The van der Waals surface area contributed by atoms with E-state index in [0.29, 0.717) is 5.06 Å². The maximum absolute atomic E-state index is 13.6. The summed E-state index contributed by atoms with van der Waals surface area (Å²) in [4.78, 5) is 80.2. The van der Waals surface area contributed by atoms with Crippen molar-refractivity contribution in [2.45, 2.75) is 200 Å². The van der Waals surface area contributed by atoms with Crippen molar-refractivity contribution in [1.82, 2.24) is 15.7 Å². The number of carbonyl (C=O) groups excluding carboxylic acids is 6. The molecule has 5 rings (SSSR count). The van der Waals surface area contributed by atoms with E-state index in [1.54, 1.807) is 0 Å². The molecule has 0 aromatic carbocycles. The molecule has 0 aromatic rings. The second-order valence-electron chi connectivity index (χ2n) is 18.6. The first-order valence-corrected chi connectivity index (χ1v) is 24.6. The number of aliphatic hydroxyl groups excluding tert-OH is 13. The number of carbonyl (C=O) groups is 6. The Bertz CT molecular complexity index is 1850. The van der Waals surface area contributed by atoms with Gasteiger partial charge in [0.1, 0.15) is 103 Å². The zero-order chi connectivity index (χ0) is 55.3. The summed E-state index contributed by atoms with van der Waals surface area (Å²) in [7, 11) is 0. The van der Waals surface area contributed by atoms with E-state index in [9.17, 15) is 95.2 Å². The van der Waals surface area contributed by atoms with Crippen LogP contribution in [-0.2, 0) is 71.5 Å². The molecule has 0 spiro atoms. The zero-order valence-corrected chi connectivity index (χ0v) is 40.8. The molecule has 0 aromatic heterocycles. The van der Waals surface area contributed by atoms with Gasteiger partial charge in [0.2, 0.25) is 11.8 Å². The van der Waals surface area contributed by atoms with Crippen molar-refractivity contribution in [2.75, 3.05) is 39.6 Å². The van der Waals surface area contributed by atoms with Crippen LogP contribution in [0.5, 0.6) is 0 Å². The van der Waals surface area contributed by atoms with Crippen molar-refractivity contribution in [1.29, 1.82) is 0 Å². The van der Waals surface area contributed by atoms with Crippen LogP contribution in [0.3, 0.4) is 0 Å². The van der Waals surface area contributed by atoms with Crippen LogP contribution in [0.1, 0.15) is 71.1 Å². The van der Waals surface area contributed by atoms with Crippen molar-refractivity contribution >= 4 is 35.4 Å². The molecule has 31 heteroatoms. The molecular weight excluding hydrogens is 1020 g/mol. The Morgan fingerprint density at radius 1 is 0.587 bits per heavy atom. The molecule has 0 bridgehead atoms. The zero-order valence-electron chi connectivity index (χ0n) is 40.8. The molecule has 0 aliphatic carbocycles. The van der Waals surface area contributed by atoms with Crippen molar-refractivity contribution in [3.8, 4) is 0 Å². The molecule has 75 heavy (non-hydrogen) atoms. The highest BCUT2D eigenvalue weighted by molar-refractivity contribution is 6.01. The minimum atomic E-state index is -2.00. The van der Waals surface area contributed by atoms with Gasteiger partial charge >= 0.3 is 5.97 Å². The number of hydrogen-bond donors (Lipinski definition) is 15. The first-order valence-electron chi connectivity index (χ1n) is 24.6. The van der Waals surface area contributed by atoms with Crippen LogP contribution < -0.4 is 10.6 Å². The number of rotatable bonds is 27. The van der Waals surface area contributed by atoms with Crippen molar-refractivity contribution in [2.24, 2.45) is 0 Å². The lowest BCUT2D eigenvalue weighted by Gasteiger charge is -2.46. The van der Waals surface area contributed by atoms with Crippen LogP contribution in [-0.4, -0.2) is 275 Å². The first kappa shape index (κ1) is 62.2. The number of aliphatic hydroxyl groups is 13. The Kier molecular flexibility index (Phi) is 24.4. The fraction of sp³-hybridized carbons (Fsp3) is 0.864. The molecular formula is C44H71N3O28. The first-order chi connectivity index (χ1) is 35.6. The number of ether oxygens (including phenoxy) is 8. The third kappa shape index (κ3) is 16.7. The van der Waals surface area contributed by atoms with Gasteiger partial charge in [0, 0.05) is 45.1 Å². The van der Waals surface area contributed by atoms with Gasteiger partial charge in [-0.25, -0.2) is 4.79 Å². The third-order valence-electron chi connectivity index (χ3n) is 13.0. The van der Waals surface area contributed by atoms with Crippen LogP contribution in [0.15, 0.2) is 0 Å². The van der Waals surface area contributed by atoms with Gasteiger partial charge in [-0.15, -0.1) is 5.06 Å². The Labute approximate surface area is 428 Å². The molecule has 15 N–H and O–H groups in total. The number of imide groups is 1. The fourth-order valence-corrected chi connectivity index (χ4v) is 8.49. The predicted molar refractivity (Wildman–Crippen MR) is 237 cm³/mol. The molecule has 4 amide bonds. The van der Waals surface area contributed by atoms with Gasteiger partial charge in [0.25, 0.3) is 11.8 Å². The van der Waals surface area contributed by atoms with E-state index in [1.165, 1.54) is 6.92 Å². The molecule has 5 heterocycles. The summed E-state index contributed by atoms with van der Waals surface area (Å²) < 4.78 is 44.3. The lowest BCUT2D eigenvalue weighted by molar-refractivity contribution is -0.366. The lowest BCUT2D eigenvalue weighted by Crippen LogP contribution is -2.65. The average molecular weight is 1090 g/mol. The number of hydroxylamine groups is 2. The monoisotopic (exact) mass is 1090 g/mol. The highest BCUT2D eigenvalue weighted by Crippen LogP contribution is 2.31. The molecule has 0 saturated carbocycles. The standard InChI is InChI=1S/C44H71N3O28/c1-18-28(55)32(59)35(62)41(70-18)67-13-4-5-19(50)8-9-20(46-24(51)6-2-3-7-27(54)75-47-25(52)10-11-26(47)53)40(66)45-12-14-68-43-38(65)39(74-44-37(64)34(61)30(57)22(16-49)72-44)31(58)23(73-43)17-69-42-36(63)33(60)29(56)21(15-48)71-42/h18,20-23,28-39,41-44,48-49,55-65H,2-17H2,1H3,(H,45,66)(H,46,51)/t18-,20-,21+,22+,23+,28+,29+,30+,31+,32+,33-,34-,35-,36-,37-,38-,39-,41+,42-,43-,44+/m0/s1. The molecule has 5 fully saturated rings. The second-order valence-corrected chi connectivity index (χ2v) is 18.6. The van der Waals surface area contributed by atoms with Gasteiger partial charge < -0.3 is 120 Å². The Hall–Kier alpha value is -3.62. The van der Waals surface area contributed by atoms with E-state index < -0.39 is 185 Å². The quantitative estimate of drug-likeness (QED) is 0.0268. The Morgan fingerprint density at radius 3 is 1.75 bits per heavy atom. The number of amides is 4. The fourth-order valence-electron chi connectivity index (χ4n) is 8.49. The minimum Gasteiger partial charge on any atom is -0.394 e. The number of unbranched alkanes of at least 4 members (excludes halogenated alkanes) is 1. The van der Waals surface area contributed by atoms with Crippen LogP contribution in [0.2, 0.25) is 0 Å². The van der Waals surface area contributed by atoms with Gasteiger partial charge in [0.15, 0.2) is 25.2 Å². The van der Waals surface area contributed by atoms with E-state index in [1.807, 2.05) is 0 Å². The summed E-state index contributed by atoms with van der Waals surface area (Å²) >= 11 is 0. The van der Waals surface area contributed by atoms with Gasteiger partial charge in [0.05, 0.1) is 39.1 Å². The van der Waals surface area contributed by atoms with E-state index in [4.69, 9.17) is 42.7 Å². The SMILES string of the molecule is C[C@@H]1O[C@@H](OCCCC(=O)CC[C@H](NC(=O)CCCCC(=O)ON2C(=O)CCC2=O)C(=O)NCCO[C@H]2O[C@H](CO[C@H]3O[C@H](CO)[C@@H](O)[C@H](O)[C@@H]3O)[C@@H](O)[C@H](O[C@H]3O[C@H](CO)[C@@H](O)[C@H](O)[C@@H]3O)[C@@H]2O)[C@@H](O)[C@H](O)[C@@H]1O. The summed E-state index contributed by atoms with van der Waals surface area (Å²) in [6.45, 7) is -1.91. The summed E-state index contributed by atoms with van der Waals surface area (Å²) in [5.41, 5.74) is 0. The van der Waals surface area contributed by atoms with Gasteiger partial charge in [-0.2, -0.15) is 0 Å². The molecule has 0 unspecified atom stereocenters. The van der Waals surface area contributed by atoms with Gasteiger partial charge in [-0.05, 0) is 32.6 Å².